The standard InChI is InChI=1S/C20H23N7O.C18H19N7.C17H19N7.C16H17N7/c1-4-27(20(28)11(2)3)10-16-24-17-13-6-5-12(14-7-8-22-26-14)9-15(13)23-19(21)18(17)25-16;1-3-25(4-2)10-15-22-16-12-6-5-11(13-7-8-20-24-13)9-14(12)21-18(19)17(16)23-15;1-3-24(2)9-14-21-15-11-5-4-10(12-6-7-19-23-12)8-13(11)20-17(18)16(15)22-14;1-23(2)8-13-20-14-10-4-3-9(11-5-6-18-22-11)7-12(10)19-16(17)15(14)21-13/h5-9,11H,4,10H2,1-3H3,(H2,21,23)(H,22,26)(H,24,25);3,5-9H,1,4,10H2,2H3,(H2,19,21)(H,20,24)(H,22,23);4-8H,3,9H2,1-2H3,(H2,18,20)(H,19,23)(H,21,22);3-7H,8H2,1-2H3,(H2,17,19)(H,18,22)(H,20,21). The number of H-pyrrole nitrogens is 8. The van der Waals surface area contributed by atoms with Crippen LogP contribution >= 0.6 is 0 Å². The molecule has 0 aliphatic heterocycles. The molecule has 0 saturated heterocycles. The molecule has 12 aromatic heterocycles. The molecule has 29 heteroatoms. The first-order chi connectivity index (χ1) is 48.4. The van der Waals surface area contributed by atoms with E-state index in [1.165, 1.54) is 0 Å². The first-order valence-electron chi connectivity index (χ1n) is 32.7. The van der Waals surface area contributed by atoms with E-state index in [2.05, 4.69) is 123 Å². The van der Waals surface area contributed by atoms with E-state index in [9.17, 15) is 4.79 Å². The molecule has 0 aliphatic rings. The molecule has 16 N–H and O–H groups in total. The molecule has 12 heterocycles. The Kier molecular flexibility index (Phi) is 18.6. The predicted molar refractivity (Wildman–Crippen MR) is 395 cm³/mol. The number of imidazole rings is 4. The van der Waals surface area contributed by atoms with Gasteiger partial charge < -0.3 is 57.6 Å². The number of fused-ring (bicyclic) bond motifs is 12. The van der Waals surface area contributed by atoms with Gasteiger partial charge in [0.2, 0.25) is 5.91 Å². The number of aromatic amines is 8. The monoisotopic (exact) mass is 1340 g/mol. The number of nitrogens with zero attached hydrogens (tertiary/aromatic N) is 16. The second-order valence-corrected chi connectivity index (χ2v) is 24.7. The van der Waals surface area contributed by atoms with E-state index >= 15 is 0 Å². The van der Waals surface area contributed by atoms with Crippen LogP contribution in [0.4, 0.5) is 23.3 Å². The lowest BCUT2D eigenvalue weighted by atomic mass is 10.1. The SMILES string of the molecule is C=CN(CC)Cc1nc2c([nH]1)c(N)nc1cc(-c3ccn[nH]3)ccc12.CCN(C)Cc1nc2c([nH]1)c(N)nc1cc(-c3ccn[nH]3)ccc12.CCN(Cc1nc2c([nH]1)c(N)nc1cc(-c3ccn[nH]3)ccc12)C(=O)C(C)C.CN(C)Cc1nc2c([nH]1)c(N)nc1cc(-c3ccn[nH]3)ccc12. The Morgan fingerprint density at radius 2 is 0.750 bits per heavy atom. The van der Waals surface area contributed by atoms with Crippen molar-refractivity contribution < 1.29 is 4.79 Å². The molecule has 0 radical (unpaired) electrons. The molecule has 16 aromatic rings. The molecule has 1 amide bonds. The number of pyridine rings is 4. The zero-order valence-corrected chi connectivity index (χ0v) is 56.7. The zero-order chi connectivity index (χ0) is 69.9. The van der Waals surface area contributed by atoms with Gasteiger partial charge in [-0.1, -0.05) is 51.6 Å². The normalized spacial score (nSPS) is 11.6. The summed E-state index contributed by atoms with van der Waals surface area (Å²) in [6, 6.07) is 31.8. The number of hydrogen-bond donors (Lipinski definition) is 12. The minimum absolute atomic E-state index is 0.0576. The molecular formula is C71H78N28O. The Morgan fingerprint density at radius 3 is 1.02 bits per heavy atom. The summed E-state index contributed by atoms with van der Waals surface area (Å²) >= 11 is 0. The molecule has 0 spiro atoms. The highest BCUT2D eigenvalue weighted by molar-refractivity contribution is 6.10. The zero-order valence-electron chi connectivity index (χ0n) is 56.7. The summed E-state index contributed by atoms with van der Waals surface area (Å²) < 4.78 is 0. The number of nitrogen functional groups attached to an aromatic ring is 4. The van der Waals surface area contributed by atoms with Crippen molar-refractivity contribution in [1.29, 1.82) is 0 Å². The highest BCUT2D eigenvalue weighted by atomic mass is 16.2. The van der Waals surface area contributed by atoms with E-state index in [-0.39, 0.29) is 11.8 Å². The van der Waals surface area contributed by atoms with Gasteiger partial charge in [-0.05, 0) is 121 Å². The summed E-state index contributed by atoms with van der Waals surface area (Å²) in [6.45, 7) is 18.8. The van der Waals surface area contributed by atoms with E-state index in [4.69, 9.17) is 42.9 Å². The summed E-state index contributed by atoms with van der Waals surface area (Å²) in [5, 5.41) is 31.7. The van der Waals surface area contributed by atoms with Crippen molar-refractivity contribution in [2.24, 2.45) is 5.92 Å². The van der Waals surface area contributed by atoms with Gasteiger partial charge in [-0.25, -0.2) is 39.9 Å². The van der Waals surface area contributed by atoms with Crippen LogP contribution in [0.2, 0.25) is 0 Å². The molecule has 0 unspecified atom stereocenters. The van der Waals surface area contributed by atoms with E-state index in [1.54, 1.807) is 29.7 Å². The Morgan fingerprint density at radius 1 is 0.430 bits per heavy atom. The fourth-order valence-corrected chi connectivity index (χ4v) is 11.9. The van der Waals surface area contributed by atoms with Gasteiger partial charge in [0.1, 0.15) is 90.7 Å². The summed E-state index contributed by atoms with van der Waals surface area (Å²) in [7, 11) is 6.07. The summed E-state index contributed by atoms with van der Waals surface area (Å²) in [4.78, 5) is 70.6. The lowest BCUT2D eigenvalue weighted by molar-refractivity contribution is -0.134. The number of benzene rings is 4. The van der Waals surface area contributed by atoms with Crippen LogP contribution in [0.1, 0.15) is 57.9 Å². The predicted octanol–water partition coefficient (Wildman–Crippen LogP) is 10.8. The van der Waals surface area contributed by atoms with E-state index in [0.29, 0.717) is 54.2 Å². The molecular weight excluding hydrogens is 1260 g/mol. The average Bonchev–Trinajstić information content (AvgIpc) is 1.58. The van der Waals surface area contributed by atoms with E-state index < -0.39 is 0 Å². The van der Waals surface area contributed by atoms with Crippen molar-refractivity contribution >= 4 is 117 Å². The molecule has 100 heavy (non-hydrogen) atoms. The van der Waals surface area contributed by atoms with Crippen molar-refractivity contribution in [2.75, 3.05) is 63.7 Å². The topological polar surface area (TPSA) is 415 Å². The van der Waals surface area contributed by atoms with Crippen molar-refractivity contribution in [3.63, 3.8) is 0 Å². The Hall–Kier alpha value is -12.6. The minimum Gasteiger partial charge on any atom is -0.382 e. The quantitative estimate of drug-likeness (QED) is 0.0403. The van der Waals surface area contributed by atoms with Gasteiger partial charge in [0.05, 0.1) is 71.0 Å². The Balaban J connectivity index is 0.000000120. The number of carbonyl (C=O) groups excluding carboxylic acids is 1. The van der Waals surface area contributed by atoms with Crippen molar-refractivity contribution in [1.82, 2.24) is 120 Å². The molecule has 4 aromatic carbocycles. The number of carbonyl (C=O) groups is 1. The third-order valence-electron chi connectivity index (χ3n) is 17.2. The minimum atomic E-state index is -0.0576. The molecule has 0 aliphatic carbocycles. The first-order valence-corrected chi connectivity index (χ1v) is 32.7. The number of amides is 1. The van der Waals surface area contributed by atoms with Gasteiger partial charge in [0.25, 0.3) is 0 Å². The molecule has 0 atom stereocenters. The van der Waals surface area contributed by atoms with Crippen LogP contribution in [0.15, 0.2) is 135 Å². The van der Waals surface area contributed by atoms with Gasteiger partial charge in [-0.3, -0.25) is 30.1 Å². The highest BCUT2D eigenvalue weighted by Crippen LogP contribution is 2.35. The molecule has 508 valence electrons. The number of hydrogen-bond acceptors (Lipinski definition) is 20. The maximum Gasteiger partial charge on any atom is 0.225 e. The largest absolute Gasteiger partial charge is 0.382 e. The average molecular weight is 1340 g/mol. The fourth-order valence-electron chi connectivity index (χ4n) is 11.9. The van der Waals surface area contributed by atoms with Gasteiger partial charge in [0.15, 0.2) is 0 Å². The van der Waals surface area contributed by atoms with Crippen LogP contribution in [0.3, 0.4) is 0 Å². The molecule has 16 rings (SSSR count). The third-order valence-corrected chi connectivity index (χ3v) is 17.2. The second-order valence-electron chi connectivity index (χ2n) is 24.7. The fraction of sp³-hybridized carbons (Fsp3) is 0.225. The summed E-state index contributed by atoms with van der Waals surface area (Å²) in [6.07, 6.45) is 8.70. The van der Waals surface area contributed by atoms with Crippen LogP contribution in [-0.4, -0.2) is 167 Å². The first kappa shape index (κ1) is 66.0. The molecule has 29 nitrogen and oxygen atoms in total. The second kappa shape index (κ2) is 28.2. The molecule has 0 bridgehead atoms. The molecule has 0 saturated carbocycles. The van der Waals surface area contributed by atoms with Crippen molar-refractivity contribution in [2.45, 2.75) is 60.8 Å². The molecule has 0 fully saturated rings. The van der Waals surface area contributed by atoms with Gasteiger partial charge >= 0.3 is 0 Å². The van der Waals surface area contributed by atoms with Crippen LogP contribution in [-0.2, 0) is 31.0 Å². The van der Waals surface area contributed by atoms with Crippen LogP contribution in [0.5, 0.6) is 0 Å². The van der Waals surface area contributed by atoms with Crippen molar-refractivity contribution in [3.05, 3.63) is 158 Å². The van der Waals surface area contributed by atoms with Gasteiger partial charge in [-0.15, -0.1) is 0 Å². The van der Waals surface area contributed by atoms with Gasteiger partial charge in [0, 0.05) is 87.6 Å². The number of aromatic nitrogens is 20. The summed E-state index contributed by atoms with van der Waals surface area (Å²) in [5.74, 6) is 5.13. The highest BCUT2D eigenvalue weighted by Gasteiger charge is 2.21. The van der Waals surface area contributed by atoms with E-state index in [1.807, 2.05) is 138 Å². The third kappa shape index (κ3) is 13.6. The van der Waals surface area contributed by atoms with Gasteiger partial charge in [-0.2, -0.15) is 20.4 Å². The Labute approximate surface area is 572 Å². The lowest BCUT2D eigenvalue weighted by Gasteiger charge is -2.21. The van der Waals surface area contributed by atoms with Crippen LogP contribution in [0, 0.1) is 5.92 Å². The van der Waals surface area contributed by atoms with Crippen LogP contribution < -0.4 is 22.9 Å². The lowest BCUT2D eigenvalue weighted by Crippen LogP contribution is -2.33. The maximum atomic E-state index is 12.4. The van der Waals surface area contributed by atoms with E-state index in [0.717, 1.165) is 171 Å². The smallest absolute Gasteiger partial charge is 0.225 e. The number of anilines is 4. The maximum absolute atomic E-state index is 12.4. The number of nitrogens with two attached hydrogens (primary N) is 4. The number of nitrogens with one attached hydrogen (secondary N) is 8. The number of rotatable bonds is 17. The summed E-state index contributed by atoms with van der Waals surface area (Å²) in [5.41, 5.74) is 42.0. The Bertz CT molecular complexity index is 5550. The van der Waals surface area contributed by atoms with Crippen LogP contribution in [0.25, 0.3) is 133 Å². The van der Waals surface area contributed by atoms with Crippen molar-refractivity contribution in [3.8, 4) is 45.0 Å².